The van der Waals surface area contributed by atoms with Gasteiger partial charge in [-0.05, 0) is 73.6 Å². The Morgan fingerprint density at radius 2 is 0.894 bits per heavy atom. The summed E-state index contributed by atoms with van der Waals surface area (Å²) < 4.78 is 118. The number of alkyl halides is 2. The molecule has 5 nitrogen and oxygen atoms in total. The maximum Gasteiger partial charge on any atom is 0.387 e. The second kappa shape index (κ2) is 16.3. The van der Waals surface area contributed by atoms with Crippen LogP contribution in [0, 0.1) is 64.6 Å². The van der Waals surface area contributed by atoms with Gasteiger partial charge in [-0.3, -0.25) is 0 Å². The molecule has 2 aromatic rings. The average molecular weight is 681 g/mol. The SMILES string of the molecule is CC1CCC(C2COC(c3cc(F)c(F)c(F)c3)OC2)CC1.CC1CCC(C2COC(c3cc(F)c(OC(F)F)c(F)c3)OC2)CC1.[HH].[HH]. The first-order chi connectivity index (χ1) is 22.5. The van der Waals surface area contributed by atoms with Gasteiger partial charge in [0.25, 0.3) is 0 Å². The van der Waals surface area contributed by atoms with Crippen molar-refractivity contribution in [2.24, 2.45) is 35.5 Å². The van der Waals surface area contributed by atoms with Gasteiger partial charge in [0, 0.05) is 25.8 Å². The van der Waals surface area contributed by atoms with Crippen molar-refractivity contribution in [1.29, 1.82) is 0 Å². The van der Waals surface area contributed by atoms with Crippen LogP contribution in [-0.2, 0) is 18.9 Å². The van der Waals surface area contributed by atoms with Gasteiger partial charge in [-0.2, -0.15) is 8.78 Å². The summed E-state index contributed by atoms with van der Waals surface area (Å²) >= 11 is 0. The molecule has 47 heavy (non-hydrogen) atoms. The minimum Gasteiger partial charge on any atom is -0.429 e. The van der Waals surface area contributed by atoms with E-state index >= 15 is 0 Å². The van der Waals surface area contributed by atoms with Gasteiger partial charge in [0.1, 0.15) is 0 Å². The summed E-state index contributed by atoms with van der Waals surface area (Å²) in [5.41, 5.74) is 0.305. The van der Waals surface area contributed by atoms with Crippen molar-refractivity contribution in [3.63, 3.8) is 0 Å². The Labute approximate surface area is 274 Å². The molecule has 266 valence electrons. The van der Waals surface area contributed by atoms with Gasteiger partial charge < -0.3 is 23.7 Å². The molecule has 0 spiro atoms. The summed E-state index contributed by atoms with van der Waals surface area (Å²) in [6.07, 6.45) is 7.81. The number of benzene rings is 2. The lowest BCUT2D eigenvalue weighted by Gasteiger charge is -2.37. The van der Waals surface area contributed by atoms with E-state index in [-0.39, 0.29) is 19.9 Å². The molecule has 2 saturated heterocycles. The normalized spacial score (nSPS) is 31.6. The van der Waals surface area contributed by atoms with Crippen LogP contribution in [0.2, 0.25) is 0 Å². The lowest BCUT2D eigenvalue weighted by Crippen LogP contribution is -2.34. The molecule has 0 aromatic heterocycles. The molecule has 2 heterocycles. The number of ether oxygens (including phenoxy) is 5. The lowest BCUT2D eigenvalue weighted by atomic mass is 9.76. The van der Waals surface area contributed by atoms with E-state index in [0.717, 1.165) is 48.9 Å². The first-order valence-corrected chi connectivity index (χ1v) is 16.5. The van der Waals surface area contributed by atoms with Gasteiger partial charge in [0.05, 0.1) is 26.4 Å². The Bertz CT molecular complexity index is 1260. The summed E-state index contributed by atoms with van der Waals surface area (Å²) in [5.74, 6) is -4.09. The smallest absolute Gasteiger partial charge is 0.387 e. The van der Waals surface area contributed by atoms with Gasteiger partial charge in [0.2, 0.25) is 0 Å². The number of halogens is 7. The zero-order valence-corrected chi connectivity index (χ0v) is 26.7. The predicted molar refractivity (Wildman–Crippen MR) is 162 cm³/mol. The van der Waals surface area contributed by atoms with Crippen LogP contribution in [0.15, 0.2) is 24.3 Å². The minimum atomic E-state index is -3.30. The van der Waals surface area contributed by atoms with Crippen LogP contribution in [0.5, 0.6) is 5.75 Å². The third-order valence-corrected chi connectivity index (χ3v) is 10.1. The summed E-state index contributed by atoms with van der Waals surface area (Å²) in [6.45, 7) is 3.19. The van der Waals surface area contributed by atoms with E-state index in [9.17, 15) is 30.7 Å². The van der Waals surface area contributed by atoms with E-state index in [1.54, 1.807) is 0 Å². The van der Waals surface area contributed by atoms with Gasteiger partial charge in [0.15, 0.2) is 47.4 Å². The van der Waals surface area contributed by atoms with Gasteiger partial charge in [-0.15, -0.1) is 0 Å². The van der Waals surface area contributed by atoms with Gasteiger partial charge >= 0.3 is 6.61 Å². The molecule has 0 bridgehead atoms. The van der Waals surface area contributed by atoms with Crippen molar-refractivity contribution in [1.82, 2.24) is 0 Å². The highest BCUT2D eigenvalue weighted by atomic mass is 19.3. The van der Waals surface area contributed by atoms with Crippen LogP contribution in [0.1, 0.15) is 91.8 Å². The summed E-state index contributed by atoms with van der Waals surface area (Å²) in [6, 6.07) is 3.69. The van der Waals surface area contributed by atoms with Crippen molar-refractivity contribution in [3.8, 4) is 5.75 Å². The number of hydrogen-bond donors (Lipinski definition) is 0. The van der Waals surface area contributed by atoms with Crippen LogP contribution in [0.3, 0.4) is 0 Å². The first kappa shape index (κ1) is 35.9. The van der Waals surface area contributed by atoms with Gasteiger partial charge in [-0.1, -0.05) is 39.5 Å². The highest BCUT2D eigenvalue weighted by Crippen LogP contribution is 2.39. The zero-order valence-electron chi connectivity index (χ0n) is 26.7. The maximum absolute atomic E-state index is 13.8. The third kappa shape index (κ3) is 9.39. The van der Waals surface area contributed by atoms with E-state index in [0.29, 0.717) is 44.2 Å². The zero-order chi connectivity index (χ0) is 33.7. The van der Waals surface area contributed by atoms with Crippen molar-refractivity contribution in [3.05, 3.63) is 64.5 Å². The fraction of sp³-hybridized carbons (Fsp3) is 0.657. The fourth-order valence-corrected chi connectivity index (χ4v) is 7.11. The Kier molecular flexibility index (Phi) is 12.5. The highest BCUT2D eigenvalue weighted by molar-refractivity contribution is 5.32. The van der Waals surface area contributed by atoms with E-state index in [4.69, 9.17) is 18.9 Å². The van der Waals surface area contributed by atoms with Crippen LogP contribution in [0.4, 0.5) is 30.7 Å². The fourth-order valence-electron chi connectivity index (χ4n) is 7.11. The molecule has 0 atom stereocenters. The highest BCUT2D eigenvalue weighted by Gasteiger charge is 2.34. The second-order valence-corrected chi connectivity index (χ2v) is 13.5. The molecule has 0 unspecified atom stereocenters. The van der Waals surface area contributed by atoms with E-state index in [2.05, 4.69) is 18.6 Å². The van der Waals surface area contributed by atoms with Crippen molar-refractivity contribution >= 4 is 0 Å². The van der Waals surface area contributed by atoms with E-state index in [1.807, 2.05) is 0 Å². The van der Waals surface area contributed by atoms with Crippen molar-refractivity contribution in [2.75, 3.05) is 26.4 Å². The van der Waals surface area contributed by atoms with E-state index in [1.165, 1.54) is 38.5 Å². The largest absolute Gasteiger partial charge is 0.429 e. The first-order valence-electron chi connectivity index (χ1n) is 16.5. The van der Waals surface area contributed by atoms with Crippen LogP contribution in [-0.4, -0.2) is 33.0 Å². The molecule has 4 fully saturated rings. The monoisotopic (exact) mass is 680 g/mol. The van der Waals surface area contributed by atoms with E-state index < -0.39 is 54.0 Å². The molecular formula is C35H47F7O5. The lowest BCUT2D eigenvalue weighted by molar-refractivity contribution is -0.215. The molecule has 2 aliphatic carbocycles. The molecule has 0 radical (unpaired) electrons. The maximum atomic E-state index is 13.8. The van der Waals surface area contributed by atoms with Crippen LogP contribution >= 0.6 is 0 Å². The second-order valence-electron chi connectivity index (χ2n) is 13.5. The number of hydrogen-bond acceptors (Lipinski definition) is 5. The molecule has 0 amide bonds. The molecule has 12 heteroatoms. The Hall–Kier alpha value is -2.41. The molecule has 2 saturated carbocycles. The Balaban J connectivity index is 0.000000257. The third-order valence-electron chi connectivity index (χ3n) is 10.1. The molecule has 2 aliphatic heterocycles. The van der Waals surface area contributed by atoms with Crippen LogP contribution < -0.4 is 4.74 Å². The minimum absolute atomic E-state index is 0. The van der Waals surface area contributed by atoms with Gasteiger partial charge in [-0.25, -0.2) is 22.0 Å². The summed E-state index contributed by atoms with van der Waals surface area (Å²) in [5, 5.41) is 0. The molecule has 6 rings (SSSR count). The standard InChI is InChI=1S/C18H22F4O3.C17H21F3O2.2H2/c1-10-2-4-11(5-3-10)13-8-23-17(24-9-13)12-6-14(19)16(15(20)7-12)25-18(21)22;1-10-2-4-11(5-3-10)13-8-21-17(22-9-13)12-6-14(18)16(20)15(19)7-12;;/h6-7,10-11,13,17-18H,2-5,8-9H2,1H3;6-7,10-11,13,17H,2-5,8-9H2,1H3;2*1H. The molecule has 0 N–H and O–H groups in total. The van der Waals surface area contributed by atoms with Crippen molar-refractivity contribution < 1.29 is 57.3 Å². The van der Waals surface area contributed by atoms with Crippen molar-refractivity contribution in [2.45, 2.75) is 84.4 Å². The summed E-state index contributed by atoms with van der Waals surface area (Å²) in [7, 11) is 0. The number of rotatable bonds is 6. The Morgan fingerprint density at radius 1 is 0.553 bits per heavy atom. The molecule has 2 aromatic carbocycles. The Morgan fingerprint density at radius 3 is 1.23 bits per heavy atom. The molecular weight excluding hydrogens is 633 g/mol. The molecule has 4 aliphatic rings. The predicted octanol–water partition coefficient (Wildman–Crippen LogP) is 10.1. The topological polar surface area (TPSA) is 46.2 Å². The summed E-state index contributed by atoms with van der Waals surface area (Å²) in [4.78, 5) is 0. The van der Waals surface area contributed by atoms with Crippen LogP contribution in [0.25, 0.3) is 0 Å². The quantitative estimate of drug-likeness (QED) is 0.225. The average Bonchev–Trinajstić information content (AvgIpc) is 3.06.